The SMILES string of the molecule is COc1ccc(Cl)cc1Nc1cc(C)nc(Nc2cc(C)on2)n1. The minimum atomic E-state index is 0.409. The number of ether oxygens (including phenoxy) is 1. The first-order valence-corrected chi connectivity index (χ1v) is 7.58. The van der Waals surface area contributed by atoms with Crippen molar-refractivity contribution in [1.29, 1.82) is 0 Å². The lowest BCUT2D eigenvalue weighted by molar-refractivity contribution is 0.400. The maximum Gasteiger partial charge on any atom is 0.230 e. The molecule has 0 fully saturated rings. The summed E-state index contributed by atoms with van der Waals surface area (Å²) in [4.78, 5) is 8.76. The van der Waals surface area contributed by atoms with E-state index in [0.717, 1.165) is 5.69 Å². The number of aryl methyl sites for hydroxylation is 2. The Morgan fingerprint density at radius 2 is 1.88 bits per heavy atom. The lowest BCUT2D eigenvalue weighted by Gasteiger charge is -2.12. The molecule has 7 nitrogen and oxygen atoms in total. The summed E-state index contributed by atoms with van der Waals surface area (Å²) in [6, 6.07) is 8.90. The average molecular weight is 346 g/mol. The second-order valence-electron chi connectivity index (χ2n) is 5.14. The number of hydrogen-bond donors (Lipinski definition) is 2. The summed E-state index contributed by atoms with van der Waals surface area (Å²) >= 11 is 6.05. The zero-order valence-electron chi connectivity index (χ0n) is 13.4. The van der Waals surface area contributed by atoms with Crippen molar-refractivity contribution in [3.05, 3.63) is 46.8 Å². The van der Waals surface area contributed by atoms with Gasteiger partial charge in [-0.2, -0.15) is 4.98 Å². The molecule has 2 N–H and O–H groups in total. The molecular weight excluding hydrogens is 330 g/mol. The van der Waals surface area contributed by atoms with Gasteiger partial charge in [0.25, 0.3) is 0 Å². The Hall–Kier alpha value is -2.80. The predicted molar refractivity (Wildman–Crippen MR) is 92.6 cm³/mol. The van der Waals surface area contributed by atoms with Crippen LogP contribution in [0, 0.1) is 13.8 Å². The summed E-state index contributed by atoms with van der Waals surface area (Å²) in [6.07, 6.45) is 0. The van der Waals surface area contributed by atoms with Crippen LogP contribution in [0.5, 0.6) is 5.75 Å². The first-order chi connectivity index (χ1) is 11.5. The number of nitrogens with one attached hydrogen (secondary N) is 2. The van der Waals surface area contributed by atoms with E-state index in [1.807, 2.05) is 19.9 Å². The van der Waals surface area contributed by atoms with Crippen LogP contribution in [0.25, 0.3) is 0 Å². The Kier molecular flexibility index (Phi) is 4.52. The zero-order chi connectivity index (χ0) is 17.1. The van der Waals surface area contributed by atoms with E-state index in [-0.39, 0.29) is 0 Å². The van der Waals surface area contributed by atoms with E-state index in [9.17, 15) is 0 Å². The minimum Gasteiger partial charge on any atom is -0.495 e. The molecule has 0 atom stereocenters. The summed E-state index contributed by atoms with van der Waals surface area (Å²) in [7, 11) is 1.60. The highest BCUT2D eigenvalue weighted by molar-refractivity contribution is 6.31. The summed E-state index contributed by atoms with van der Waals surface area (Å²) in [5.74, 6) is 2.92. The Morgan fingerprint density at radius 1 is 1.04 bits per heavy atom. The Bertz CT molecular complexity index is 865. The van der Waals surface area contributed by atoms with Gasteiger partial charge in [0.2, 0.25) is 5.95 Å². The molecule has 0 aliphatic heterocycles. The molecule has 2 aromatic heterocycles. The quantitative estimate of drug-likeness (QED) is 0.715. The van der Waals surface area contributed by atoms with Gasteiger partial charge in [-0.1, -0.05) is 16.8 Å². The molecule has 0 bridgehead atoms. The summed E-state index contributed by atoms with van der Waals surface area (Å²) in [6.45, 7) is 3.69. The zero-order valence-corrected chi connectivity index (χ0v) is 14.2. The standard InChI is InChI=1S/C16H16ClN5O2/c1-9-6-14(19-12-8-11(17)4-5-13(12)23-3)20-16(18-9)21-15-7-10(2)24-22-15/h4-8H,1-3H3,(H2,18,19,20,21,22). The number of benzene rings is 1. The van der Waals surface area contributed by atoms with Crippen LogP contribution < -0.4 is 15.4 Å². The molecule has 0 aliphatic rings. The molecule has 8 heteroatoms. The van der Waals surface area contributed by atoms with Crippen molar-refractivity contribution < 1.29 is 9.26 Å². The number of hydrogen-bond acceptors (Lipinski definition) is 7. The van der Waals surface area contributed by atoms with Gasteiger partial charge in [-0.05, 0) is 32.0 Å². The van der Waals surface area contributed by atoms with Gasteiger partial charge in [-0.25, -0.2) is 4.98 Å². The largest absolute Gasteiger partial charge is 0.495 e. The Labute approximate surface area is 144 Å². The number of nitrogens with zero attached hydrogens (tertiary/aromatic N) is 3. The summed E-state index contributed by atoms with van der Waals surface area (Å²) in [5.41, 5.74) is 1.50. The van der Waals surface area contributed by atoms with Crippen LogP contribution in [0.15, 0.2) is 34.9 Å². The molecule has 0 saturated carbocycles. The topological polar surface area (TPSA) is 85.1 Å². The van der Waals surface area contributed by atoms with Gasteiger partial charge in [-0.15, -0.1) is 0 Å². The van der Waals surface area contributed by atoms with E-state index < -0.39 is 0 Å². The van der Waals surface area contributed by atoms with Crippen molar-refractivity contribution in [2.24, 2.45) is 0 Å². The molecular formula is C16H16ClN5O2. The average Bonchev–Trinajstić information content (AvgIpc) is 2.92. The molecule has 24 heavy (non-hydrogen) atoms. The van der Waals surface area contributed by atoms with E-state index in [2.05, 4.69) is 25.8 Å². The van der Waals surface area contributed by atoms with Gasteiger partial charge in [0.05, 0.1) is 12.8 Å². The van der Waals surface area contributed by atoms with E-state index >= 15 is 0 Å². The highest BCUT2D eigenvalue weighted by atomic mass is 35.5. The third kappa shape index (κ3) is 3.75. The number of methoxy groups -OCH3 is 1. The van der Waals surface area contributed by atoms with E-state index in [0.29, 0.717) is 39.8 Å². The lowest BCUT2D eigenvalue weighted by atomic mass is 10.3. The second-order valence-corrected chi connectivity index (χ2v) is 5.57. The van der Waals surface area contributed by atoms with E-state index in [4.69, 9.17) is 20.9 Å². The van der Waals surface area contributed by atoms with Crippen LogP contribution in [-0.2, 0) is 0 Å². The van der Waals surface area contributed by atoms with Gasteiger partial charge >= 0.3 is 0 Å². The van der Waals surface area contributed by atoms with Crippen molar-refractivity contribution in [2.45, 2.75) is 13.8 Å². The van der Waals surface area contributed by atoms with Gasteiger partial charge in [0, 0.05) is 22.8 Å². The maximum absolute atomic E-state index is 6.05. The van der Waals surface area contributed by atoms with E-state index in [1.54, 1.807) is 31.4 Å². The molecule has 0 amide bonds. The number of anilines is 4. The highest BCUT2D eigenvalue weighted by Crippen LogP contribution is 2.30. The maximum atomic E-state index is 6.05. The smallest absolute Gasteiger partial charge is 0.230 e. The monoisotopic (exact) mass is 345 g/mol. The predicted octanol–water partition coefficient (Wildman–Crippen LogP) is 4.23. The van der Waals surface area contributed by atoms with Crippen LogP contribution in [-0.4, -0.2) is 22.2 Å². The van der Waals surface area contributed by atoms with Crippen molar-refractivity contribution in [3.8, 4) is 5.75 Å². The van der Waals surface area contributed by atoms with Crippen molar-refractivity contribution in [1.82, 2.24) is 15.1 Å². The molecule has 0 aliphatic carbocycles. The molecule has 124 valence electrons. The minimum absolute atomic E-state index is 0.409. The van der Waals surface area contributed by atoms with Crippen molar-refractivity contribution >= 4 is 34.9 Å². The van der Waals surface area contributed by atoms with Gasteiger partial charge < -0.3 is 19.9 Å². The normalized spacial score (nSPS) is 10.5. The van der Waals surface area contributed by atoms with Crippen LogP contribution in [0.1, 0.15) is 11.5 Å². The first kappa shape index (κ1) is 16.1. The fourth-order valence-corrected chi connectivity index (χ4v) is 2.32. The fraction of sp³-hybridized carbons (Fsp3) is 0.188. The Morgan fingerprint density at radius 3 is 2.58 bits per heavy atom. The van der Waals surface area contributed by atoms with E-state index in [1.165, 1.54) is 0 Å². The molecule has 2 heterocycles. The molecule has 0 radical (unpaired) electrons. The van der Waals surface area contributed by atoms with Crippen molar-refractivity contribution in [2.75, 3.05) is 17.7 Å². The molecule has 0 saturated heterocycles. The van der Waals surface area contributed by atoms with Gasteiger partial charge in [0.1, 0.15) is 17.3 Å². The first-order valence-electron chi connectivity index (χ1n) is 7.20. The van der Waals surface area contributed by atoms with Gasteiger partial charge in [-0.3, -0.25) is 0 Å². The third-order valence-electron chi connectivity index (χ3n) is 3.15. The number of aromatic nitrogens is 3. The summed E-state index contributed by atoms with van der Waals surface area (Å²) in [5, 5.41) is 10.7. The lowest BCUT2D eigenvalue weighted by Crippen LogP contribution is -2.03. The van der Waals surface area contributed by atoms with Crippen LogP contribution in [0.4, 0.5) is 23.3 Å². The molecule has 3 rings (SSSR count). The fourth-order valence-electron chi connectivity index (χ4n) is 2.14. The van der Waals surface area contributed by atoms with Crippen LogP contribution in [0.2, 0.25) is 5.02 Å². The van der Waals surface area contributed by atoms with Crippen molar-refractivity contribution in [3.63, 3.8) is 0 Å². The highest BCUT2D eigenvalue weighted by Gasteiger charge is 2.09. The molecule has 0 spiro atoms. The van der Waals surface area contributed by atoms with Gasteiger partial charge in [0.15, 0.2) is 5.82 Å². The van der Waals surface area contributed by atoms with Crippen LogP contribution >= 0.6 is 11.6 Å². The molecule has 0 unspecified atom stereocenters. The molecule has 3 aromatic rings. The third-order valence-corrected chi connectivity index (χ3v) is 3.38. The number of halogens is 1. The second kappa shape index (κ2) is 6.76. The Balaban J connectivity index is 1.87. The molecule has 1 aromatic carbocycles. The number of rotatable bonds is 5. The summed E-state index contributed by atoms with van der Waals surface area (Å²) < 4.78 is 10.4. The van der Waals surface area contributed by atoms with Crippen LogP contribution in [0.3, 0.4) is 0 Å².